The van der Waals surface area contributed by atoms with Crippen molar-refractivity contribution in [1.82, 2.24) is 0 Å². The molecule has 0 bridgehead atoms. The first-order valence-corrected chi connectivity index (χ1v) is 4.38. The molecule has 0 unspecified atom stereocenters. The maximum atomic E-state index is 8.55. The quantitative estimate of drug-likeness (QED) is 0.288. The zero-order valence-corrected chi connectivity index (χ0v) is 17.0. The largest absolute Gasteiger partial charge is 3.00 e. The van der Waals surface area contributed by atoms with Crippen LogP contribution in [0.4, 0.5) is 0 Å². The van der Waals surface area contributed by atoms with Crippen molar-refractivity contribution in [1.29, 1.82) is 0 Å². The van der Waals surface area contributed by atoms with Gasteiger partial charge in [0.2, 0.25) is 0 Å². The van der Waals surface area contributed by atoms with Crippen molar-refractivity contribution in [3.63, 3.8) is 0 Å². The van der Waals surface area contributed by atoms with Gasteiger partial charge in [0.25, 0.3) is 0 Å². The summed E-state index contributed by atoms with van der Waals surface area (Å²) < 4.78 is 17.1. The van der Waals surface area contributed by atoms with E-state index in [1.165, 1.54) is 0 Å². The van der Waals surface area contributed by atoms with Gasteiger partial charge < -0.3 is 38.5 Å². The van der Waals surface area contributed by atoms with Crippen molar-refractivity contribution in [3.05, 3.63) is 0 Å². The van der Waals surface area contributed by atoms with Crippen LogP contribution in [0.5, 0.6) is 0 Å². The fourth-order valence-electron chi connectivity index (χ4n) is 0. The zero-order valence-electron chi connectivity index (χ0n) is 6.44. The van der Waals surface area contributed by atoms with Gasteiger partial charge in [0.05, 0.1) is 0 Å². The smallest absolute Gasteiger partial charge is 0.822 e. The Morgan fingerprint density at radius 2 is 0.692 bits per heavy atom. The zero-order chi connectivity index (χ0) is 9.00. The molecule has 0 atom stereocenters. The molecule has 13 heavy (non-hydrogen) atoms. The summed E-state index contributed by atoms with van der Waals surface area (Å²) in [4.78, 5) is 51.3. The minimum Gasteiger partial charge on any atom is -0.822 e. The molecule has 0 fully saturated rings. The molecule has 0 aromatic carbocycles. The minimum atomic E-state index is -5.39. The molecule has 0 heterocycles. The molecule has 64 valence electrons. The van der Waals surface area contributed by atoms with Gasteiger partial charge in [0, 0.05) is 0 Å². The second kappa shape index (κ2) is 14.0. The van der Waals surface area contributed by atoms with Gasteiger partial charge in [-0.15, -0.1) is 0 Å². The van der Waals surface area contributed by atoms with Crippen molar-refractivity contribution in [2.45, 2.75) is 0 Å². The first kappa shape index (κ1) is 30.2. The van der Waals surface area contributed by atoms with E-state index in [1.54, 1.807) is 0 Å². The Balaban J connectivity index is -0.0000000267. The first-order chi connectivity index (χ1) is 4.00. The van der Waals surface area contributed by atoms with E-state index >= 15 is 0 Å². The Morgan fingerprint density at radius 3 is 0.692 bits per heavy atom. The molecule has 0 aliphatic heterocycles. The van der Waals surface area contributed by atoms with Crippen molar-refractivity contribution in [2.75, 3.05) is 0 Å². The summed E-state index contributed by atoms with van der Waals surface area (Å²) in [5.74, 6) is 0. The molecule has 0 aliphatic rings. The minimum absolute atomic E-state index is 0. The Kier molecular flexibility index (Phi) is 32.6. The average molecular weight is 393 g/mol. The fourth-order valence-corrected chi connectivity index (χ4v) is 0. The molecule has 0 aromatic heterocycles. The number of hydrogen-bond acceptors (Lipinski definition) is 8. The van der Waals surface area contributed by atoms with Crippen LogP contribution in [0, 0.1) is 0 Å². The normalized spacial score (nSPS) is 9.08. The molecule has 0 aromatic rings. The van der Waals surface area contributed by atoms with Gasteiger partial charge in [-0.3, -0.25) is 0 Å². The number of rotatable bonds is 0. The van der Waals surface area contributed by atoms with Crippen molar-refractivity contribution >= 4 is 81.9 Å². The van der Waals surface area contributed by atoms with Gasteiger partial charge in [-0.25, -0.2) is 0 Å². The van der Waals surface area contributed by atoms with Gasteiger partial charge in [-0.1, -0.05) is 0 Å². The van der Waals surface area contributed by atoms with Crippen LogP contribution in [0.15, 0.2) is 0 Å². The van der Waals surface area contributed by atoms with E-state index in [4.69, 9.17) is 38.5 Å². The Labute approximate surface area is 168 Å². The van der Waals surface area contributed by atoms with Crippen molar-refractivity contribution in [3.8, 4) is 0 Å². The van der Waals surface area contributed by atoms with Gasteiger partial charge in [-0.05, 0) is 0 Å². The van der Waals surface area contributed by atoms with E-state index in [1.807, 2.05) is 0 Å². The van der Waals surface area contributed by atoms with Crippen LogP contribution in [-0.4, -0.2) is 66.2 Å². The predicted octanol–water partition coefficient (Wildman–Crippen LogP) is -9.41. The van der Waals surface area contributed by atoms with E-state index in [-0.39, 0.29) is 118 Å². The molecular weight excluding hydrogens is 393 g/mol. The summed E-state index contributed by atoms with van der Waals surface area (Å²) in [5.41, 5.74) is 0. The maximum absolute atomic E-state index is 8.55. The molecule has 8 nitrogen and oxygen atoms in total. The fraction of sp³-hybridized carbons (Fsp3) is 0. The summed E-state index contributed by atoms with van der Waals surface area (Å²) in [6.45, 7) is 0. The summed E-state index contributed by atoms with van der Waals surface area (Å²) in [6, 6.07) is 0. The second-order valence-corrected chi connectivity index (χ2v) is 2.68. The van der Waals surface area contributed by atoms with Gasteiger partial charge in [0.1, 0.15) is 0 Å². The molecule has 0 spiro atoms. The average Bonchev–Trinajstić information content (AvgIpc) is 1.12. The van der Waals surface area contributed by atoms with Crippen LogP contribution in [-0.2, 0) is 9.13 Å². The topological polar surface area (TPSA) is 172 Å². The molecule has 13 heteroatoms. The van der Waals surface area contributed by atoms with E-state index in [9.17, 15) is 0 Å². The summed E-state index contributed by atoms with van der Waals surface area (Å²) >= 11 is 0. The molecule has 0 aliphatic carbocycles. The van der Waals surface area contributed by atoms with Crippen LogP contribution in [0.1, 0.15) is 0 Å². The van der Waals surface area contributed by atoms with Gasteiger partial charge in [0.15, 0.2) is 0 Å². The van der Waals surface area contributed by atoms with Crippen LogP contribution in [0.3, 0.4) is 0 Å². The maximum Gasteiger partial charge on any atom is 3.00 e. The molecule has 0 amide bonds. The third-order valence-electron chi connectivity index (χ3n) is 0. The van der Waals surface area contributed by atoms with Crippen molar-refractivity contribution in [2.24, 2.45) is 0 Å². The third-order valence-corrected chi connectivity index (χ3v) is 0. The SMILES string of the molecule is O=P([O-])([O-])[O-].O=P([O-])([O-])[O-].[Al+3].[Ba+2].[K+]. The van der Waals surface area contributed by atoms with Crippen LogP contribution in [0.25, 0.3) is 0 Å². The molecule has 0 N–H and O–H groups in total. The molecule has 0 saturated heterocycles. The Hall–Kier alpha value is 3.96. The van der Waals surface area contributed by atoms with E-state index < -0.39 is 15.6 Å². The first-order valence-electron chi connectivity index (χ1n) is 1.46. The molecule has 0 saturated carbocycles. The van der Waals surface area contributed by atoms with E-state index in [0.717, 1.165) is 0 Å². The van der Waals surface area contributed by atoms with Gasteiger partial charge >= 0.3 is 118 Å². The van der Waals surface area contributed by atoms with Gasteiger partial charge in [-0.2, -0.15) is 15.6 Å². The van der Waals surface area contributed by atoms with Crippen LogP contribution in [0.2, 0.25) is 0 Å². The van der Waals surface area contributed by atoms with E-state index in [2.05, 4.69) is 0 Å². The number of hydrogen-bond donors (Lipinski definition) is 0. The monoisotopic (exact) mass is 394 g/mol. The Morgan fingerprint density at radius 1 is 0.692 bits per heavy atom. The van der Waals surface area contributed by atoms with Crippen molar-refractivity contribution < 1.29 is 89.9 Å². The molecule has 0 rings (SSSR count). The summed E-state index contributed by atoms with van der Waals surface area (Å²) in [6.07, 6.45) is 0. The molecular formula is AlBaKO8P2. The third kappa shape index (κ3) is 198. The van der Waals surface area contributed by atoms with Crippen LogP contribution >= 0.6 is 15.6 Å². The van der Waals surface area contributed by atoms with E-state index in [0.29, 0.717) is 0 Å². The standard InChI is InChI=1S/Al.Ba.K.2H3O4P/c;;;2*1-5(2,3)4/h;;;2*(H3,1,2,3,4)/q+3;+2;+1;;/p-6. The summed E-state index contributed by atoms with van der Waals surface area (Å²) in [7, 11) is -10.8. The molecule has 0 radical (unpaired) electrons. The predicted molar refractivity (Wildman–Crippen MR) is 26.7 cm³/mol. The summed E-state index contributed by atoms with van der Waals surface area (Å²) in [5, 5.41) is 0. The van der Waals surface area contributed by atoms with Crippen LogP contribution < -0.4 is 80.7 Å². The number of phosphoric acid groups is 2. The second-order valence-electron chi connectivity index (χ2n) is 0.894. The Bertz CT molecular complexity index is 134.